The van der Waals surface area contributed by atoms with Crippen LogP contribution >= 0.6 is 0 Å². The molecule has 0 spiro atoms. The molecule has 1 aromatic heterocycles. The van der Waals surface area contributed by atoms with Crippen LogP contribution in [0.25, 0.3) is 0 Å². The van der Waals surface area contributed by atoms with Gasteiger partial charge < -0.3 is 10.1 Å². The molecule has 0 aliphatic rings. The molecule has 0 saturated carbocycles. The van der Waals surface area contributed by atoms with Crippen molar-refractivity contribution in [1.29, 1.82) is 0 Å². The monoisotopic (exact) mass is 169 g/mol. The highest BCUT2D eigenvalue weighted by atomic mass is 16.5. The van der Waals surface area contributed by atoms with Crippen LogP contribution in [0.1, 0.15) is 13.8 Å². The number of anilines is 1. The van der Waals surface area contributed by atoms with E-state index in [1.807, 2.05) is 13.1 Å². The molecule has 0 saturated heterocycles. The Bertz CT molecular complexity index is 198. The maximum atomic E-state index is 5.25. The zero-order valence-electron chi connectivity index (χ0n) is 7.50. The molecule has 0 aliphatic carbocycles. The number of H-pyrrole nitrogens is 1. The summed E-state index contributed by atoms with van der Waals surface area (Å²) in [5.41, 5.74) is 1.00. The number of aromatic amines is 1. The molecule has 68 valence electrons. The molecule has 0 aliphatic heterocycles. The van der Waals surface area contributed by atoms with Gasteiger partial charge in [-0.2, -0.15) is 5.10 Å². The molecule has 0 aromatic carbocycles. The van der Waals surface area contributed by atoms with Crippen LogP contribution in [-0.2, 0) is 4.74 Å². The van der Waals surface area contributed by atoms with Crippen molar-refractivity contribution in [1.82, 2.24) is 10.2 Å². The molecular formula is C8H15N3O. The lowest BCUT2D eigenvalue weighted by Crippen LogP contribution is -2.21. The Morgan fingerprint density at radius 1 is 1.75 bits per heavy atom. The van der Waals surface area contributed by atoms with E-state index in [1.165, 1.54) is 0 Å². The summed E-state index contributed by atoms with van der Waals surface area (Å²) in [5.74, 6) is 0. The first-order chi connectivity index (χ1) is 5.83. The van der Waals surface area contributed by atoms with Crippen LogP contribution in [0.15, 0.2) is 12.4 Å². The number of nitrogens with one attached hydrogen (secondary N) is 2. The molecule has 1 heterocycles. The molecule has 4 nitrogen and oxygen atoms in total. The summed E-state index contributed by atoms with van der Waals surface area (Å²) in [6, 6.07) is 0.322. The molecule has 1 rings (SSSR count). The lowest BCUT2D eigenvalue weighted by molar-refractivity contribution is 0.141. The third kappa shape index (κ3) is 2.92. The van der Waals surface area contributed by atoms with Crippen molar-refractivity contribution >= 4 is 5.69 Å². The van der Waals surface area contributed by atoms with E-state index >= 15 is 0 Å². The third-order valence-corrected chi connectivity index (χ3v) is 1.48. The second kappa shape index (κ2) is 4.77. The first kappa shape index (κ1) is 9.06. The Morgan fingerprint density at radius 2 is 2.58 bits per heavy atom. The Balaban J connectivity index is 2.22. The molecule has 12 heavy (non-hydrogen) atoms. The zero-order valence-corrected chi connectivity index (χ0v) is 7.50. The quantitative estimate of drug-likeness (QED) is 0.697. The summed E-state index contributed by atoms with van der Waals surface area (Å²) >= 11 is 0. The smallest absolute Gasteiger partial charge is 0.0726 e. The van der Waals surface area contributed by atoms with E-state index in [2.05, 4.69) is 22.4 Å². The Kier molecular flexibility index (Phi) is 3.60. The second-order valence-corrected chi connectivity index (χ2v) is 2.69. The van der Waals surface area contributed by atoms with E-state index < -0.39 is 0 Å². The van der Waals surface area contributed by atoms with Crippen molar-refractivity contribution in [2.75, 3.05) is 18.5 Å². The Labute approximate surface area is 72.3 Å². The molecular weight excluding hydrogens is 154 g/mol. The number of ether oxygens (including phenoxy) is 1. The maximum Gasteiger partial charge on any atom is 0.0726 e. The normalized spacial score (nSPS) is 12.8. The number of nitrogens with zero attached hydrogens (tertiary/aromatic N) is 1. The van der Waals surface area contributed by atoms with Crippen molar-refractivity contribution in [2.45, 2.75) is 19.9 Å². The topological polar surface area (TPSA) is 49.9 Å². The average molecular weight is 169 g/mol. The van der Waals surface area contributed by atoms with Crippen LogP contribution in [0.4, 0.5) is 5.69 Å². The molecule has 0 bridgehead atoms. The molecule has 1 unspecified atom stereocenters. The minimum atomic E-state index is 0.322. The van der Waals surface area contributed by atoms with Crippen LogP contribution < -0.4 is 5.32 Å². The Morgan fingerprint density at radius 3 is 3.17 bits per heavy atom. The van der Waals surface area contributed by atoms with Crippen molar-refractivity contribution in [3.8, 4) is 0 Å². The van der Waals surface area contributed by atoms with Gasteiger partial charge in [0.1, 0.15) is 0 Å². The summed E-state index contributed by atoms with van der Waals surface area (Å²) in [7, 11) is 0. The summed E-state index contributed by atoms with van der Waals surface area (Å²) in [6.45, 7) is 5.55. The van der Waals surface area contributed by atoms with Gasteiger partial charge in [0.05, 0.1) is 18.5 Å². The lowest BCUT2D eigenvalue weighted by atomic mass is 10.3. The highest BCUT2D eigenvalue weighted by Crippen LogP contribution is 2.03. The highest BCUT2D eigenvalue weighted by Gasteiger charge is 2.01. The van der Waals surface area contributed by atoms with Gasteiger partial charge in [0.25, 0.3) is 0 Å². The standard InChI is InChI=1S/C8H15N3O/c1-3-12-6-7(2)11-8-4-9-10-5-8/h4-5,7,11H,3,6H2,1-2H3,(H,9,10). The number of aromatic nitrogens is 2. The summed E-state index contributed by atoms with van der Waals surface area (Å²) in [5, 5.41) is 9.80. The van der Waals surface area contributed by atoms with E-state index in [0.717, 1.165) is 18.9 Å². The van der Waals surface area contributed by atoms with E-state index in [4.69, 9.17) is 4.74 Å². The SMILES string of the molecule is CCOCC(C)Nc1cn[nH]c1. The summed E-state index contributed by atoms with van der Waals surface area (Å²) < 4.78 is 5.25. The lowest BCUT2D eigenvalue weighted by Gasteiger charge is -2.12. The van der Waals surface area contributed by atoms with Gasteiger partial charge in [-0.3, -0.25) is 5.10 Å². The highest BCUT2D eigenvalue weighted by molar-refractivity contribution is 5.38. The number of hydrogen-bond donors (Lipinski definition) is 2. The Hall–Kier alpha value is -1.03. The molecule has 0 radical (unpaired) electrons. The van der Waals surface area contributed by atoms with Crippen molar-refractivity contribution in [3.63, 3.8) is 0 Å². The van der Waals surface area contributed by atoms with Gasteiger partial charge in [0.2, 0.25) is 0 Å². The average Bonchev–Trinajstić information content (AvgIpc) is 2.53. The van der Waals surface area contributed by atoms with Gasteiger partial charge in [0, 0.05) is 18.8 Å². The first-order valence-corrected chi connectivity index (χ1v) is 4.16. The maximum absolute atomic E-state index is 5.25. The fourth-order valence-electron chi connectivity index (χ4n) is 0.951. The zero-order chi connectivity index (χ0) is 8.81. The largest absolute Gasteiger partial charge is 0.380 e. The van der Waals surface area contributed by atoms with Crippen LogP contribution in [0, 0.1) is 0 Å². The van der Waals surface area contributed by atoms with Crippen LogP contribution in [0.3, 0.4) is 0 Å². The summed E-state index contributed by atoms with van der Waals surface area (Å²) in [6.07, 6.45) is 3.57. The van der Waals surface area contributed by atoms with Crippen molar-refractivity contribution < 1.29 is 4.74 Å². The van der Waals surface area contributed by atoms with E-state index in [0.29, 0.717) is 6.04 Å². The van der Waals surface area contributed by atoms with Crippen LogP contribution in [-0.4, -0.2) is 29.5 Å². The van der Waals surface area contributed by atoms with Crippen LogP contribution in [0.5, 0.6) is 0 Å². The van der Waals surface area contributed by atoms with Gasteiger partial charge in [-0.15, -0.1) is 0 Å². The second-order valence-electron chi connectivity index (χ2n) is 2.69. The third-order valence-electron chi connectivity index (χ3n) is 1.48. The number of rotatable bonds is 5. The van der Waals surface area contributed by atoms with E-state index in [9.17, 15) is 0 Å². The minimum Gasteiger partial charge on any atom is -0.380 e. The fraction of sp³-hybridized carbons (Fsp3) is 0.625. The fourth-order valence-corrected chi connectivity index (χ4v) is 0.951. The first-order valence-electron chi connectivity index (χ1n) is 4.16. The number of hydrogen-bond acceptors (Lipinski definition) is 3. The molecule has 2 N–H and O–H groups in total. The van der Waals surface area contributed by atoms with E-state index in [1.54, 1.807) is 6.20 Å². The van der Waals surface area contributed by atoms with Crippen molar-refractivity contribution in [2.24, 2.45) is 0 Å². The molecule has 1 atom stereocenters. The predicted octanol–water partition coefficient (Wildman–Crippen LogP) is 1.25. The molecule has 0 amide bonds. The van der Waals surface area contributed by atoms with Crippen LogP contribution in [0.2, 0.25) is 0 Å². The van der Waals surface area contributed by atoms with Gasteiger partial charge in [0.15, 0.2) is 0 Å². The predicted molar refractivity (Wildman–Crippen MR) is 48.2 cm³/mol. The van der Waals surface area contributed by atoms with Crippen molar-refractivity contribution in [3.05, 3.63) is 12.4 Å². The van der Waals surface area contributed by atoms with Gasteiger partial charge in [-0.25, -0.2) is 0 Å². The minimum absolute atomic E-state index is 0.322. The molecule has 0 fully saturated rings. The van der Waals surface area contributed by atoms with Gasteiger partial charge >= 0.3 is 0 Å². The molecule has 1 aromatic rings. The van der Waals surface area contributed by atoms with Gasteiger partial charge in [-0.05, 0) is 13.8 Å². The molecule has 4 heteroatoms. The van der Waals surface area contributed by atoms with Gasteiger partial charge in [-0.1, -0.05) is 0 Å². The summed E-state index contributed by atoms with van der Waals surface area (Å²) in [4.78, 5) is 0. The van der Waals surface area contributed by atoms with E-state index in [-0.39, 0.29) is 0 Å².